The standard InChI is InChI=1S/C19H22N2O4S2/c1-13(2)21-17-10-9-16(11-18(17)26-19(21)22)27(23,24)20-14(3)12-25-15-7-5-4-6-8-15/h4-11,13-14,20H,12H2,1-3H3. The highest BCUT2D eigenvalue weighted by Gasteiger charge is 2.20. The molecule has 0 aliphatic rings. The number of para-hydroxylation sites is 1. The topological polar surface area (TPSA) is 77.4 Å². The first-order chi connectivity index (χ1) is 12.8. The van der Waals surface area contributed by atoms with E-state index >= 15 is 0 Å². The van der Waals surface area contributed by atoms with Gasteiger partial charge in [-0.05, 0) is 51.1 Å². The van der Waals surface area contributed by atoms with Crippen LogP contribution in [0.3, 0.4) is 0 Å². The van der Waals surface area contributed by atoms with Gasteiger partial charge in [0, 0.05) is 6.04 Å². The van der Waals surface area contributed by atoms with E-state index in [0.29, 0.717) is 10.4 Å². The van der Waals surface area contributed by atoms with Crippen molar-refractivity contribution in [3.63, 3.8) is 0 Å². The molecule has 0 saturated carbocycles. The molecule has 0 saturated heterocycles. The first kappa shape index (κ1) is 19.6. The highest BCUT2D eigenvalue weighted by Crippen LogP contribution is 2.24. The maximum atomic E-state index is 12.7. The fourth-order valence-corrected chi connectivity index (χ4v) is 5.16. The summed E-state index contributed by atoms with van der Waals surface area (Å²) in [7, 11) is -3.71. The third-order valence-electron chi connectivity index (χ3n) is 4.01. The van der Waals surface area contributed by atoms with Crippen molar-refractivity contribution < 1.29 is 13.2 Å². The Morgan fingerprint density at radius 1 is 1.11 bits per heavy atom. The van der Waals surface area contributed by atoms with Gasteiger partial charge in [-0.1, -0.05) is 29.5 Å². The number of fused-ring (bicyclic) bond motifs is 1. The van der Waals surface area contributed by atoms with Crippen LogP contribution in [0, 0.1) is 0 Å². The van der Waals surface area contributed by atoms with Crippen molar-refractivity contribution in [3.8, 4) is 5.75 Å². The Hall–Kier alpha value is -2.16. The molecule has 0 aliphatic carbocycles. The van der Waals surface area contributed by atoms with Gasteiger partial charge >= 0.3 is 4.87 Å². The highest BCUT2D eigenvalue weighted by molar-refractivity contribution is 7.89. The second-order valence-electron chi connectivity index (χ2n) is 6.61. The molecule has 1 N–H and O–H groups in total. The lowest BCUT2D eigenvalue weighted by Gasteiger charge is -2.15. The Morgan fingerprint density at radius 2 is 1.81 bits per heavy atom. The minimum Gasteiger partial charge on any atom is -0.492 e. The number of rotatable bonds is 7. The van der Waals surface area contributed by atoms with E-state index in [1.165, 1.54) is 6.07 Å². The Morgan fingerprint density at radius 3 is 2.48 bits per heavy atom. The predicted octanol–water partition coefficient (Wildman–Crippen LogP) is 3.39. The minimum atomic E-state index is -3.71. The van der Waals surface area contributed by atoms with E-state index in [2.05, 4.69) is 4.72 Å². The molecule has 3 rings (SSSR count). The van der Waals surface area contributed by atoms with Crippen molar-refractivity contribution in [2.45, 2.75) is 37.8 Å². The summed E-state index contributed by atoms with van der Waals surface area (Å²) in [5, 5.41) is 0. The predicted molar refractivity (Wildman–Crippen MR) is 108 cm³/mol. The van der Waals surface area contributed by atoms with E-state index in [1.807, 2.05) is 44.2 Å². The quantitative estimate of drug-likeness (QED) is 0.652. The number of sulfonamides is 1. The van der Waals surface area contributed by atoms with Crippen LogP contribution in [0.5, 0.6) is 5.75 Å². The number of thiazole rings is 1. The summed E-state index contributed by atoms with van der Waals surface area (Å²) in [5.41, 5.74) is 0.749. The van der Waals surface area contributed by atoms with Gasteiger partial charge in [0.25, 0.3) is 0 Å². The van der Waals surface area contributed by atoms with Crippen LogP contribution >= 0.6 is 11.3 Å². The molecule has 3 aromatic rings. The molecule has 8 heteroatoms. The number of nitrogens with zero attached hydrogens (tertiary/aromatic N) is 1. The van der Waals surface area contributed by atoms with Crippen LogP contribution < -0.4 is 14.3 Å². The maximum Gasteiger partial charge on any atom is 0.308 e. The van der Waals surface area contributed by atoms with Crippen LogP contribution in [0.4, 0.5) is 0 Å². The summed E-state index contributed by atoms with van der Waals surface area (Å²) in [6.07, 6.45) is 0. The molecule has 1 aromatic heterocycles. The average Bonchev–Trinajstić information content (AvgIpc) is 2.95. The van der Waals surface area contributed by atoms with E-state index in [0.717, 1.165) is 16.9 Å². The molecule has 0 fully saturated rings. The largest absolute Gasteiger partial charge is 0.492 e. The molecule has 0 radical (unpaired) electrons. The first-order valence-electron chi connectivity index (χ1n) is 8.63. The van der Waals surface area contributed by atoms with Crippen molar-refractivity contribution in [2.24, 2.45) is 0 Å². The lowest BCUT2D eigenvalue weighted by Crippen LogP contribution is -2.36. The van der Waals surface area contributed by atoms with Gasteiger partial charge in [-0.3, -0.25) is 9.36 Å². The van der Waals surface area contributed by atoms with Crippen LogP contribution in [0.1, 0.15) is 26.8 Å². The molecular weight excluding hydrogens is 384 g/mol. The molecular formula is C19H22N2O4S2. The Labute approximate surface area is 162 Å². The Bertz CT molecular complexity index is 1090. The number of hydrogen-bond acceptors (Lipinski definition) is 5. The smallest absolute Gasteiger partial charge is 0.308 e. The second kappa shape index (κ2) is 7.84. The molecule has 2 aromatic carbocycles. The zero-order valence-corrected chi connectivity index (χ0v) is 17.0. The van der Waals surface area contributed by atoms with Gasteiger partial charge in [-0.15, -0.1) is 0 Å². The third kappa shape index (κ3) is 4.40. The van der Waals surface area contributed by atoms with Crippen molar-refractivity contribution in [3.05, 3.63) is 58.2 Å². The van der Waals surface area contributed by atoms with Crippen molar-refractivity contribution in [2.75, 3.05) is 6.61 Å². The zero-order chi connectivity index (χ0) is 19.6. The molecule has 0 aliphatic heterocycles. The van der Waals surface area contributed by atoms with Crippen molar-refractivity contribution >= 4 is 31.6 Å². The lowest BCUT2D eigenvalue weighted by molar-refractivity contribution is 0.287. The molecule has 1 atom stereocenters. The van der Waals surface area contributed by atoms with Gasteiger partial charge in [0.15, 0.2) is 0 Å². The highest BCUT2D eigenvalue weighted by atomic mass is 32.2. The molecule has 0 bridgehead atoms. The van der Waals surface area contributed by atoms with E-state index in [9.17, 15) is 13.2 Å². The fourth-order valence-electron chi connectivity index (χ4n) is 2.78. The number of ether oxygens (including phenoxy) is 1. The van der Waals surface area contributed by atoms with E-state index < -0.39 is 16.1 Å². The summed E-state index contributed by atoms with van der Waals surface area (Å²) in [4.78, 5) is 12.2. The maximum absolute atomic E-state index is 12.7. The fraction of sp³-hybridized carbons (Fsp3) is 0.316. The molecule has 1 unspecified atom stereocenters. The molecule has 0 amide bonds. The number of hydrogen-bond donors (Lipinski definition) is 1. The summed E-state index contributed by atoms with van der Waals surface area (Å²) in [6.45, 7) is 5.80. The summed E-state index contributed by atoms with van der Waals surface area (Å²) < 4.78 is 35.9. The summed E-state index contributed by atoms with van der Waals surface area (Å²) >= 11 is 1.05. The van der Waals surface area contributed by atoms with Crippen LogP contribution in [0.15, 0.2) is 58.2 Å². The zero-order valence-electron chi connectivity index (χ0n) is 15.4. The number of aromatic nitrogens is 1. The van der Waals surface area contributed by atoms with Crippen LogP contribution in [0.25, 0.3) is 10.2 Å². The van der Waals surface area contributed by atoms with Crippen LogP contribution in [-0.2, 0) is 10.0 Å². The van der Waals surface area contributed by atoms with Crippen LogP contribution in [0.2, 0.25) is 0 Å². The van der Waals surface area contributed by atoms with Gasteiger partial charge in [-0.2, -0.15) is 0 Å². The van der Waals surface area contributed by atoms with E-state index in [4.69, 9.17) is 4.74 Å². The molecule has 27 heavy (non-hydrogen) atoms. The van der Waals surface area contributed by atoms with Gasteiger partial charge in [0.2, 0.25) is 10.0 Å². The molecule has 0 spiro atoms. The number of nitrogens with one attached hydrogen (secondary N) is 1. The molecule has 6 nitrogen and oxygen atoms in total. The van der Waals surface area contributed by atoms with Gasteiger partial charge in [0.1, 0.15) is 12.4 Å². The average molecular weight is 407 g/mol. The molecule has 144 valence electrons. The van der Waals surface area contributed by atoms with E-state index in [-0.39, 0.29) is 22.4 Å². The lowest BCUT2D eigenvalue weighted by atomic mass is 10.3. The number of benzene rings is 2. The third-order valence-corrected chi connectivity index (χ3v) is 6.52. The van der Waals surface area contributed by atoms with Crippen molar-refractivity contribution in [1.29, 1.82) is 0 Å². The summed E-state index contributed by atoms with van der Waals surface area (Å²) in [5.74, 6) is 0.685. The van der Waals surface area contributed by atoms with Gasteiger partial charge < -0.3 is 4.74 Å². The second-order valence-corrected chi connectivity index (χ2v) is 9.31. The molecule has 1 heterocycles. The van der Waals surface area contributed by atoms with Crippen LogP contribution in [-0.4, -0.2) is 25.6 Å². The van der Waals surface area contributed by atoms with E-state index in [1.54, 1.807) is 23.6 Å². The Balaban J connectivity index is 1.77. The first-order valence-corrected chi connectivity index (χ1v) is 10.9. The SMILES string of the molecule is CC(COc1ccccc1)NS(=O)(=O)c1ccc2c(c1)sc(=O)n2C(C)C. The van der Waals surface area contributed by atoms with Gasteiger partial charge in [0.05, 0.1) is 21.2 Å². The summed E-state index contributed by atoms with van der Waals surface area (Å²) in [6, 6.07) is 13.6. The Kier molecular flexibility index (Phi) is 5.69. The minimum absolute atomic E-state index is 0.0157. The van der Waals surface area contributed by atoms with Crippen molar-refractivity contribution in [1.82, 2.24) is 9.29 Å². The monoisotopic (exact) mass is 406 g/mol. The normalized spacial score (nSPS) is 13.2. The van der Waals surface area contributed by atoms with Gasteiger partial charge in [-0.25, -0.2) is 13.1 Å².